The molecule has 0 unspecified atom stereocenters. The largest absolute Gasteiger partial charge is 0.354 e. The molecule has 2 N–H and O–H groups in total. The van der Waals surface area contributed by atoms with E-state index in [1.807, 2.05) is 24.3 Å². The van der Waals surface area contributed by atoms with Crippen molar-refractivity contribution in [2.24, 2.45) is 0 Å². The van der Waals surface area contributed by atoms with Crippen molar-refractivity contribution in [1.29, 1.82) is 0 Å². The van der Waals surface area contributed by atoms with Crippen molar-refractivity contribution in [3.8, 4) is 68.2 Å². The van der Waals surface area contributed by atoms with Gasteiger partial charge < -0.3 is 9.97 Å². The molecule has 0 aliphatic carbocycles. The summed E-state index contributed by atoms with van der Waals surface area (Å²) >= 11 is 0. The van der Waals surface area contributed by atoms with E-state index >= 15 is 0 Å². The van der Waals surface area contributed by atoms with Gasteiger partial charge in [0.05, 0.1) is 22.8 Å². The molecule has 9 aromatic rings. The summed E-state index contributed by atoms with van der Waals surface area (Å²) in [5.74, 6) is 13.4. The average molecular weight is 1040 g/mol. The van der Waals surface area contributed by atoms with E-state index in [0.717, 1.165) is 112 Å². The number of nitrogens with one attached hydrogen (secondary N) is 2. The molecule has 0 radical (unpaired) electrons. The summed E-state index contributed by atoms with van der Waals surface area (Å²) in [6.07, 6.45) is 15.8. The van der Waals surface area contributed by atoms with Crippen LogP contribution in [0.15, 0.2) is 158 Å². The summed E-state index contributed by atoms with van der Waals surface area (Å²) in [6.45, 7) is 27.5. The maximum atomic E-state index is 5.71. The lowest BCUT2D eigenvalue weighted by atomic mass is 9.78. The third kappa shape index (κ3) is 11.1. The third-order valence-corrected chi connectivity index (χ3v) is 15.1. The highest BCUT2D eigenvalue weighted by Crippen LogP contribution is 2.42. The molecule has 0 amide bonds. The van der Waals surface area contributed by atoms with Crippen LogP contribution < -0.4 is 0 Å². The Morgan fingerprint density at radius 3 is 0.800 bits per heavy atom. The molecule has 11 rings (SSSR count). The third-order valence-electron chi connectivity index (χ3n) is 15.1. The minimum atomic E-state index is -0.114. The maximum Gasteiger partial charge on any atom is 0.0737 e. The summed E-state index contributed by atoms with van der Waals surface area (Å²) in [4.78, 5) is 27.8. The standard InChI is InChI=1S/C74H68N6/c1-71(2,3)55-41-53(42-56(45-55)72(4,5)6)69-63-29-25-59(77-63)67(51-21-17-47(18-22-51)13-15-49-33-37-75-38-34-49)61-27-31-65(79-61)70(54-43-57(73(7,8)9)46-58(44-54)74(10,11)12)66-32-28-62(80-66)68(60-26-30-64(69)78-60)52-23-19-48(20-24-52)14-16-50-35-39-76-40-36-50/h17-46,77,80H,1-12H3. The second-order valence-corrected chi connectivity index (χ2v) is 25.2. The molecular formula is C74H68N6. The lowest BCUT2D eigenvalue weighted by Gasteiger charge is -2.26. The van der Waals surface area contributed by atoms with Crippen LogP contribution in [0.5, 0.6) is 0 Å². The second kappa shape index (κ2) is 20.6. The lowest BCUT2D eigenvalue weighted by molar-refractivity contribution is 0.568. The Kier molecular flexibility index (Phi) is 13.6. The van der Waals surface area contributed by atoms with Crippen molar-refractivity contribution in [3.63, 3.8) is 0 Å². The molecule has 80 heavy (non-hydrogen) atoms. The number of hydrogen-bond acceptors (Lipinski definition) is 4. The van der Waals surface area contributed by atoms with Gasteiger partial charge in [0.2, 0.25) is 0 Å². The second-order valence-electron chi connectivity index (χ2n) is 25.2. The number of benzene rings is 4. The van der Waals surface area contributed by atoms with Crippen LogP contribution in [-0.2, 0) is 21.7 Å². The fraction of sp³-hybridized carbons (Fsp3) is 0.216. The monoisotopic (exact) mass is 1040 g/mol. The SMILES string of the molecule is CC(C)(C)c1cc(-c2c3nc(c(-c4ccc(C#Cc5ccncc5)cc4)c4ccc([nH]4)c(-c4cc(C(C)(C)C)cc(C(C)(C)C)c4)c4nc(c(-c5ccc(C#Cc6ccncc6)cc5)c5ccc2[nH]5)C=C4)C=C3)cc(C(C)(C)C)c1. The van der Waals surface area contributed by atoms with Crippen molar-refractivity contribution in [2.75, 3.05) is 0 Å². The molecule has 4 aromatic carbocycles. The Balaban J connectivity index is 1.25. The van der Waals surface area contributed by atoms with E-state index in [9.17, 15) is 0 Å². The molecule has 0 saturated heterocycles. The Morgan fingerprint density at radius 1 is 0.287 bits per heavy atom. The van der Waals surface area contributed by atoms with Crippen LogP contribution in [0.1, 0.15) is 150 Å². The maximum absolute atomic E-state index is 5.71. The van der Waals surface area contributed by atoms with Gasteiger partial charge in [0.25, 0.3) is 0 Å². The molecule has 2 aliphatic heterocycles. The molecule has 2 aliphatic rings. The lowest BCUT2D eigenvalue weighted by Crippen LogP contribution is -2.16. The van der Waals surface area contributed by atoms with Crippen LogP contribution in [0.3, 0.4) is 0 Å². The normalized spacial score (nSPS) is 12.4. The quantitative estimate of drug-likeness (QED) is 0.172. The van der Waals surface area contributed by atoms with Crippen molar-refractivity contribution in [1.82, 2.24) is 29.9 Å². The molecule has 6 nitrogen and oxygen atoms in total. The summed E-state index contributed by atoms with van der Waals surface area (Å²) < 4.78 is 0. The van der Waals surface area contributed by atoms with Crippen LogP contribution in [0.2, 0.25) is 0 Å². The van der Waals surface area contributed by atoms with Gasteiger partial charge in [-0.2, -0.15) is 0 Å². The topological polar surface area (TPSA) is 83.1 Å². The minimum absolute atomic E-state index is 0.114. The number of pyridine rings is 2. The van der Waals surface area contributed by atoms with Crippen LogP contribution in [0.25, 0.3) is 90.9 Å². The molecule has 0 spiro atoms. The van der Waals surface area contributed by atoms with Crippen molar-refractivity contribution in [2.45, 2.75) is 105 Å². The number of hydrogen-bond donors (Lipinski definition) is 2. The van der Waals surface area contributed by atoms with E-state index < -0.39 is 0 Å². The number of fused-ring (bicyclic) bond motifs is 8. The average Bonchev–Trinajstić information content (AvgIpc) is 4.35. The van der Waals surface area contributed by atoms with Gasteiger partial charge in [-0.25, -0.2) is 9.97 Å². The number of rotatable bonds is 4. The molecule has 0 fully saturated rings. The fourth-order valence-corrected chi connectivity index (χ4v) is 10.3. The molecule has 0 saturated carbocycles. The first-order chi connectivity index (χ1) is 38.1. The van der Waals surface area contributed by atoms with Crippen molar-refractivity contribution < 1.29 is 0 Å². The van der Waals surface area contributed by atoms with Crippen LogP contribution in [0.4, 0.5) is 0 Å². The molecule has 0 atom stereocenters. The summed E-state index contributed by atoms with van der Waals surface area (Å²) in [5.41, 5.74) is 23.7. The van der Waals surface area contributed by atoms with Crippen LogP contribution in [-0.4, -0.2) is 29.9 Å². The molecule has 8 bridgehead atoms. The molecule has 7 heterocycles. The number of H-pyrrole nitrogens is 2. The van der Waals surface area contributed by atoms with E-state index in [-0.39, 0.29) is 21.7 Å². The van der Waals surface area contributed by atoms with E-state index in [1.54, 1.807) is 24.8 Å². The smallest absolute Gasteiger partial charge is 0.0737 e. The Bertz CT molecular complexity index is 3890. The highest BCUT2D eigenvalue weighted by atomic mass is 14.8. The zero-order valence-electron chi connectivity index (χ0n) is 48.1. The predicted molar refractivity (Wildman–Crippen MR) is 336 cm³/mol. The first-order valence-electron chi connectivity index (χ1n) is 27.7. The Morgan fingerprint density at radius 2 is 0.537 bits per heavy atom. The van der Waals surface area contributed by atoms with E-state index in [4.69, 9.17) is 9.97 Å². The van der Waals surface area contributed by atoms with Crippen LogP contribution >= 0.6 is 0 Å². The highest BCUT2D eigenvalue weighted by molar-refractivity contribution is 6.00. The van der Waals surface area contributed by atoms with E-state index in [1.165, 1.54) is 22.3 Å². The van der Waals surface area contributed by atoms with Gasteiger partial charge >= 0.3 is 0 Å². The van der Waals surface area contributed by atoms with E-state index in [2.05, 4.69) is 260 Å². The van der Waals surface area contributed by atoms with Gasteiger partial charge in [-0.1, -0.05) is 167 Å². The molecule has 394 valence electrons. The van der Waals surface area contributed by atoms with Gasteiger partial charge in [0.15, 0.2) is 0 Å². The summed E-state index contributed by atoms with van der Waals surface area (Å²) in [5, 5.41) is 0. The molecule has 5 aromatic heterocycles. The van der Waals surface area contributed by atoms with Crippen molar-refractivity contribution in [3.05, 3.63) is 226 Å². The summed E-state index contributed by atoms with van der Waals surface area (Å²) in [6, 6.07) is 47.9. The Hall–Kier alpha value is -9.10. The number of nitrogens with zero attached hydrogens (tertiary/aromatic N) is 4. The van der Waals surface area contributed by atoms with Gasteiger partial charge in [-0.15, -0.1) is 0 Å². The first-order valence-corrected chi connectivity index (χ1v) is 27.7. The zero-order chi connectivity index (χ0) is 56.1. The minimum Gasteiger partial charge on any atom is -0.354 e. The predicted octanol–water partition coefficient (Wildman–Crippen LogP) is 18.1. The van der Waals surface area contributed by atoms with Gasteiger partial charge in [0, 0.05) is 91.4 Å². The molecular weight excluding hydrogens is 973 g/mol. The first kappa shape index (κ1) is 52.9. The molecule has 6 heteroatoms. The highest BCUT2D eigenvalue weighted by Gasteiger charge is 2.26. The van der Waals surface area contributed by atoms with Gasteiger partial charge in [-0.05, 0) is 163 Å². The van der Waals surface area contributed by atoms with Gasteiger partial charge in [0.1, 0.15) is 0 Å². The fourth-order valence-electron chi connectivity index (χ4n) is 10.3. The van der Waals surface area contributed by atoms with Crippen molar-refractivity contribution >= 4 is 46.4 Å². The van der Waals surface area contributed by atoms with Gasteiger partial charge in [-0.3, -0.25) is 9.97 Å². The van der Waals surface area contributed by atoms with Crippen LogP contribution in [0, 0.1) is 23.7 Å². The summed E-state index contributed by atoms with van der Waals surface area (Å²) in [7, 11) is 0. The Labute approximate surface area is 472 Å². The van der Waals surface area contributed by atoms with E-state index in [0.29, 0.717) is 0 Å². The number of aromatic nitrogens is 6. The number of aromatic amines is 2. The zero-order valence-corrected chi connectivity index (χ0v) is 48.1.